The maximum atomic E-state index is 12.6. The Balaban J connectivity index is 1.91. The van der Waals surface area contributed by atoms with E-state index >= 15 is 0 Å². The number of nitrogens with one attached hydrogen (secondary N) is 1. The van der Waals surface area contributed by atoms with Gasteiger partial charge in [-0.05, 0) is 36.8 Å². The van der Waals surface area contributed by atoms with Gasteiger partial charge in [0.1, 0.15) is 17.0 Å². The highest BCUT2D eigenvalue weighted by Gasteiger charge is 2.24. The van der Waals surface area contributed by atoms with E-state index in [1.54, 1.807) is 37.5 Å². The highest BCUT2D eigenvalue weighted by Crippen LogP contribution is 2.36. The topological polar surface area (TPSA) is 68.0 Å². The number of hydrogen-bond acceptors (Lipinski definition) is 4. The number of halogens is 2. The fraction of sp³-hybridized carbons (Fsp3) is 0.118. The molecule has 3 rings (SSSR count). The normalized spacial score (nSPS) is 10.6. The first kappa shape index (κ1) is 16.5. The largest absolute Gasteiger partial charge is 0.360 e. The van der Waals surface area contributed by atoms with Gasteiger partial charge in [0, 0.05) is 24.5 Å². The van der Waals surface area contributed by atoms with Crippen LogP contribution in [0.25, 0.3) is 11.3 Å². The van der Waals surface area contributed by atoms with Gasteiger partial charge in [0.05, 0.1) is 10.0 Å². The molecule has 0 bridgehead atoms. The standard InChI is InChI=1S/C17H13Cl2N3O2/c1-10-14(17(23)21-9-11-5-7-20-8-6-11)16(22-24-10)15-12(18)3-2-4-13(15)19/h2-8H,9H2,1H3,(H,21,23). The third-order valence-corrected chi connectivity index (χ3v) is 4.12. The molecule has 5 nitrogen and oxygen atoms in total. The number of nitrogens with zero attached hydrogens (tertiary/aromatic N) is 2. The van der Waals surface area contributed by atoms with Gasteiger partial charge in [0.2, 0.25) is 0 Å². The highest BCUT2D eigenvalue weighted by atomic mass is 35.5. The predicted molar refractivity (Wildman–Crippen MR) is 92.1 cm³/mol. The number of aryl methyl sites for hydroxylation is 1. The van der Waals surface area contributed by atoms with Crippen LogP contribution in [-0.2, 0) is 6.54 Å². The Hall–Kier alpha value is -2.37. The minimum atomic E-state index is -0.309. The van der Waals surface area contributed by atoms with Crippen molar-refractivity contribution in [3.05, 3.63) is 69.7 Å². The van der Waals surface area contributed by atoms with Crippen LogP contribution in [0.1, 0.15) is 21.7 Å². The van der Waals surface area contributed by atoms with E-state index in [1.165, 1.54) is 0 Å². The molecule has 0 unspecified atom stereocenters. The van der Waals surface area contributed by atoms with E-state index in [0.717, 1.165) is 5.56 Å². The molecule has 1 amide bonds. The molecule has 2 heterocycles. The molecule has 3 aromatic rings. The molecule has 122 valence electrons. The molecule has 0 aliphatic rings. The molecule has 0 aliphatic carbocycles. The van der Waals surface area contributed by atoms with Crippen molar-refractivity contribution in [2.24, 2.45) is 0 Å². The first-order valence-electron chi connectivity index (χ1n) is 7.15. The summed E-state index contributed by atoms with van der Waals surface area (Å²) >= 11 is 12.4. The Morgan fingerprint density at radius 2 is 1.83 bits per heavy atom. The van der Waals surface area contributed by atoms with E-state index in [0.29, 0.717) is 39.2 Å². The van der Waals surface area contributed by atoms with E-state index in [9.17, 15) is 4.79 Å². The van der Waals surface area contributed by atoms with Gasteiger partial charge in [0.15, 0.2) is 0 Å². The summed E-state index contributed by atoms with van der Waals surface area (Å²) in [5.74, 6) is 0.0877. The summed E-state index contributed by atoms with van der Waals surface area (Å²) in [5, 5.41) is 7.61. The van der Waals surface area contributed by atoms with Crippen LogP contribution in [0.5, 0.6) is 0 Å². The van der Waals surface area contributed by atoms with Crippen molar-refractivity contribution in [3.63, 3.8) is 0 Å². The molecule has 24 heavy (non-hydrogen) atoms. The lowest BCUT2D eigenvalue weighted by atomic mass is 10.1. The minimum Gasteiger partial charge on any atom is -0.360 e. The highest BCUT2D eigenvalue weighted by molar-refractivity contribution is 6.39. The zero-order valence-corrected chi connectivity index (χ0v) is 14.2. The van der Waals surface area contributed by atoms with Gasteiger partial charge in [0.25, 0.3) is 5.91 Å². The molecule has 7 heteroatoms. The van der Waals surface area contributed by atoms with Crippen LogP contribution in [0.2, 0.25) is 10.0 Å². The van der Waals surface area contributed by atoms with Crippen molar-refractivity contribution < 1.29 is 9.32 Å². The molecular formula is C17H13Cl2N3O2. The fourth-order valence-corrected chi connectivity index (χ4v) is 2.88. The number of benzene rings is 1. The number of rotatable bonds is 4. The fourth-order valence-electron chi connectivity index (χ4n) is 2.31. The average molecular weight is 362 g/mol. The lowest BCUT2D eigenvalue weighted by molar-refractivity contribution is 0.0950. The lowest BCUT2D eigenvalue weighted by Gasteiger charge is -2.08. The van der Waals surface area contributed by atoms with Crippen molar-refractivity contribution in [2.45, 2.75) is 13.5 Å². The molecule has 0 aliphatic heterocycles. The quantitative estimate of drug-likeness (QED) is 0.752. The Kier molecular flexibility index (Phi) is 4.83. The molecule has 1 aromatic carbocycles. The van der Waals surface area contributed by atoms with Crippen LogP contribution >= 0.6 is 23.2 Å². The number of aromatic nitrogens is 2. The molecule has 2 aromatic heterocycles. The van der Waals surface area contributed by atoms with E-state index in [1.807, 2.05) is 12.1 Å². The summed E-state index contributed by atoms with van der Waals surface area (Å²) in [4.78, 5) is 16.5. The van der Waals surface area contributed by atoms with Crippen LogP contribution in [0.3, 0.4) is 0 Å². The third kappa shape index (κ3) is 3.27. The zero-order chi connectivity index (χ0) is 17.1. The summed E-state index contributed by atoms with van der Waals surface area (Å²) in [6.07, 6.45) is 3.34. The van der Waals surface area contributed by atoms with Gasteiger partial charge in [-0.25, -0.2) is 0 Å². The number of amides is 1. The van der Waals surface area contributed by atoms with Gasteiger partial charge >= 0.3 is 0 Å². The van der Waals surface area contributed by atoms with Gasteiger partial charge < -0.3 is 9.84 Å². The van der Waals surface area contributed by atoms with Crippen molar-refractivity contribution in [1.29, 1.82) is 0 Å². The Morgan fingerprint density at radius 3 is 2.50 bits per heavy atom. The van der Waals surface area contributed by atoms with E-state index in [-0.39, 0.29) is 5.91 Å². The Morgan fingerprint density at radius 1 is 1.17 bits per heavy atom. The molecule has 0 spiro atoms. The van der Waals surface area contributed by atoms with Crippen molar-refractivity contribution in [2.75, 3.05) is 0 Å². The molecule has 0 saturated carbocycles. The maximum Gasteiger partial charge on any atom is 0.257 e. The third-order valence-electron chi connectivity index (χ3n) is 3.49. The van der Waals surface area contributed by atoms with E-state index in [2.05, 4.69) is 15.5 Å². The summed E-state index contributed by atoms with van der Waals surface area (Å²) < 4.78 is 5.20. The second kappa shape index (κ2) is 7.03. The number of carbonyl (C=O) groups excluding carboxylic acids is 1. The molecule has 1 N–H and O–H groups in total. The number of carbonyl (C=O) groups is 1. The summed E-state index contributed by atoms with van der Waals surface area (Å²) in [5.41, 5.74) is 2.06. The predicted octanol–water partition coefficient (Wildman–Crippen LogP) is 4.28. The van der Waals surface area contributed by atoms with Crippen molar-refractivity contribution in [1.82, 2.24) is 15.5 Å². The van der Waals surface area contributed by atoms with Crippen LogP contribution in [0, 0.1) is 6.92 Å². The van der Waals surface area contributed by atoms with Gasteiger partial charge in [-0.15, -0.1) is 0 Å². The van der Waals surface area contributed by atoms with Crippen molar-refractivity contribution in [3.8, 4) is 11.3 Å². The van der Waals surface area contributed by atoms with Gasteiger partial charge in [-0.3, -0.25) is 9.78 Å². The Bertz CT molecular complexity index is 859. The maximum absolute atomic E-state index is 12.6. The van der Waals surface area contributed by atoms with Crippen LogP contribution in [-0.4, -0.2) is 16.0 Å². The number of hydrogen-bond donors (Lipinski definition) is 1. The first-order chi connectivity index (χ1) is 11.6. The minimum absolute atomic E-state index is 0.309. The Labute approximate surface area is 148 Å². The monoisotopic (exact) mass is 361 g/mol. The van der Waals surface area contributed by atoms with Crippen molar-refractivity contribution >= 4 is 29.1 Å². The molecule has 0 saturated heterocycles. The molecule has 0 radical (unpaired) electrons. The molecule has 0 fully saturated rings. The summed E-state index contributed by atoms with van der Waals surface area (Å²) in [6.45, 7) is 2.03. The van der Waals surface area contributed by atoms with Crippen LogP contribution in [0.4, 0.5) is 0 Å². The average Bonchev–Trinajstić information content (AvgIpc) is 2.95. The summed E-state index contributed by atoms with van der Waals surface area (Å²) in [6, 6.07) is 8.75. The summed E-state index contributed by atoms with van der Waals surface area (Å²) in [7, 11) is 0. The second-order valence-corrected chi connectivity index (χ2v) is 5.91. The van der Waals surface area contributed by atoms with Crippen LogP contribution in [0.15, 0.2) is 47.2 Å². The van der Waals surface area contributed by atoms with Gasteiger partial charge in [-0.2, -0.15) is 0 Å². The SMILES string of the molecule is Cc1onc(-c2c(Cl)cccc2Cl)c1C(=O)NCc1ccncc1. The lowest BCUT2D eigenvalue weighted by Crippen LogP contribution is -2.23. The van der Waals surface area contributed by atoms with Gasteiger partial charge in [-0.1, -0.05) is 34.4 Å². The molecular weight excluding hydrogens is 349 g/mol. The zero-order valence-electron chi connectivity index (χ0n) is 12.7. The van der Waals surface area contributed by atoms with E-state index in [4.69, 9.17) is 27.7 Å². The molecule has 0 atom stereocenters. The second-order valence-electron chi connectivity index (χ2n) is 5.10. The first-order valence-corrected chi connectivity index (χ1v) is 7.91. The van der Waals surface area contributed by atoms with E-state index < -0.39 is 0 Å². The van der Waals surface area contributed by atoms with Crippen LogP contribution < -0.4 is 5.32 Å². The smallest absolute Gasteiger partial charge is 0.257 e. The number of pyridine rings is 1.